The van der Waals surface area contributed by atoms with E-state index in [0.717, 1.165) is 89.9 Å². The van der Waals surface area contributed by atoms with E-state index < -0.39 is 75.7 Å². The second kappa shape index (κ2) is 32.9. The SMILES string of the molecule is CCCCCC/C=C\CCCCCCCCCC(=O)O[C@H](COC(=O)CCCCCCC/C=C\CC1OC1CCCCC)COP(=O)(O)OC1[C@H](O)[C@H](O)C(O)[C@H](O)[C@H]1O. The van der Waals surface area contributed by atoms with Gasteiger partial charge in [0.2, 0.25) is 0 Å². The van der Waals surface area contributed by atoms with Crippen LogP contribution in [0.2, 0.25) is 0 Å². The van der Waals surface area contributed by atoms with Crippen molar-refractivity contribution < 1.29 is 67.8 Å². The number of ether oxygens (including phenoxy) is 3. The minimum Gasteiger partial charge on any atom is -0.462 e. The summed E-state index contributed by atoms with van der Waals surface area (Å²) >= 11 is 0. The average Bonchev–Trinajstić information content (AvgIpc) is 3.98. The Kier molecular flexibility index (Phi) is 29.8. The van der Waals surface area contributed by atoms with E-state index in [1.54, 1.807) is 0 Å². The molecule has 1 heterocycles. The topological polar surface area (TPSA) is 222 Å². The molecular formula is C45H81O14P. The van der Waals surface area contributed by atoms with E-state index in [9.17, 15) is 44.6 Å². The van der Waals surface area contributed by atoms with Crippen LogP contribution in [0.1, 0.15) is 181 Å². The third-order valence-electron chi connectivity index (χ3n) is 11.2. The van der Waals surface area contributed by atoms with Crippen LogP contribution in [-0.2, 0) is 37.4 Å². The van der Waals surface area contributed by atoms with Crippen LogP contribution >= 0.6 is 7.82 Å². The first-order valence-electron chi connectivity index (χ1n) is 23.3. The Hall–Kier alpha value is -1.71. The molecule has 0 spiro atoms. The van der Waals surface area contributed by atoms with Crippen LogP contribution in [0, 0.1) is 0 Å². The number of allylic oxidation sites excluding steroid dienone is 3. The molecule has 0 radical (unpaired) electrons. The van der Waals surface area contributed by atoms with Crippen LogP contribution < -0.4 is 0 Å². The van der Waals surface area contributed by atoms with E-state index in [1.165, 1.54) is 51.4 Å². The van der Waals surface area contributed by atoms with Crippen molar-refractivity contribution in [2.24, 2.45) is 0 Å². The number of phosphoric ester groups is 1. The summed E-state index contributed by atoms with van der Waals surface area (Å²) in [7, 11) is -5.12. The van der Waals surface area contributed by atoms with E-state index in [4.69, 9.17) is 23.3 Å². The number of aliphatic hydroxyl groups excluding tert-OH is 5. The van der Waals surface area contributed by atoms with Gasteiger partial charge in [-0.2, -0.15) is 0 Å². The van der Waals surface area contributed by atoms with Gasteiger partial charge in [-0.1, -0.05) is 128 Å². The number of aliphatic hydroxyl groups is 5. The molecule has 15 heteroatoms. The molecule has 14 nitrogen and oxygen atoms in total. The molecule has 0 aromatic heterocycles. The van der Waals surface area contributed by atoms with Gasteiger partial charge in [-0.15, -0.1) is 0 Å². The Morgan fingerprint density at radius 3 is 1.62 bits per heavy atom. The van der Waals surface area contributed by atoms with Crippen molar-refractivity contribution in [1.29, 1.82) is 0 Å². The van der Waals surface area contributed by atoms with Gasteiger partial charge in [-0.25, -0.2) is 4.57 Å². The van der Waals surface area contributed by atoms with Gasteiger partial charge in [0.15, 0.2) is 6.10 Å². The zero-order chi connectivity index (χ0) is 44.0. The molecule has 6 N–H and O–H groups in total. The number of hydrogen-bond acceptors (Lipinski definition) is 13. The van der Waals surface area contributed by atoms with Crippen LogP contribution in [-0.4, -0.2) is 111 Å². The second-order valence-corrected chi connectivity index (χ2v) is 18.0. The maximum Gasteiger partial charge on any atom is 0.472 e. The van der Waals surface area contributed by atoms with E-state index >= 15 is 0 Å². The van der Waals surface area contributed by atoms with E-state index in [-0.39, 0.29) is 12.8 Å². The third kappa shape index (κ3) is 24.8. The van der Waals surface area contributed by atoms with Gasteiger partial charge in [0.05, 0.1) is 18.8 Å². The van der Waals surface area contributed by atoms with Crippen molar-refractivity contribution in [1.82, 2.24) is 0 Å². The molecule has 0 bridgehead atoms. The van der Waals surface area contributed by atoms with E-state index in [2.05, 4.69) is 38.2 Å². The fourth-order valence-corrected chi connectivity index (χ4v) is 8.26. The normalized spacial score (nSPS) is 25.7. The Morgan fingerprint density at radius 2 is 1.05 bits per heavy atom. The third-order valence-corrected chi connectivity index (χ3v) is 12.2. The highest BCUT2D eigenvalue weighted by atomic mass is 31.2. The summed E-state index contributed by atoms with van der Waals surface area (Å²) in [5.41, 5.74) is 0. The number of rotatable bonds is 37. The number of unbranched alkanes of at least 4 members (excludes halogenated alkanes) is 18. The summed E-state index contributed by atoms with van der Waals surface area (Å²) in [6, 6.07) is 0. The molecule has 0 aromatic carbocycles. The molecule has 1 saturated carbocycles. The van der Waals surface area contributed by atoms with Gasteiger partial charge in [0, 0.05) is 12.8 Å². The van der Waals surface area contributed by atoms with Crippen molar-refractivity contribution in [2.75, 3.05) is 13.2 Å². The molecule has 2 aliphatic rings. The number of hydrogen-bond donors (Lipinski definition) is 6. The summed E-state index contributed by atoms with van der Waals surface area (Å²) in [4.78, 5) is 35.7. The van der Waals surface area contributed by atoms with Crippen molar-refractivity contribution in [2.45, 2.75) is 236 Å². The van der Waals surface area contributed by atoms with E-state index in [0.29, 0.717) is 25.0 Å². The first-order valence-corrected chi connectivity index (χ1v) is 24.8. The number of epoxide rings is 1. The zero-order valence-electron chi connectivity index (χ0n) is 36.7. The highest BCUT2D eigenvalue weighted by Gasteiger charge is 2.51. The Labute approximate surface area is 360 Å². The predicted octanol–water partition coefficient (Wildman–Crippen LogP) is 7.82. The maximum absolute atomic E-state index is 12.8. The van der Waals surface area contributed by atoms with Crippen LogP contribution in [0.15, 0.2) is 24.3 Å². The number of carbonyl (C=O) groups excluding carboxylic acids is 2. The lowest BCUT2D eigenvalue weighted by Gasteiger charge is -2.41. The molecule has 1 aliphatic carbocycles. The molecule has 1 saturated heterocycles. The fraction of sp³-hybridized carbons (Fsp3) is 0.867. The van der Waals surface area contributed by atoms with Crippen molar-refractivity contribution in [3.05, 3.63) is 24.3 Å². The minimum absolute atomic E-state index is 0.0870. The molecule has 350 valence electrons. The number of carbonyl (C=O) groups is 2. The zero-order valence-corrected chi connectivity index (χ0v) is 37.6. The van der Waals surface area contributed by atoms with Gasteiger partial charge < -0.3 is 44.6 Å². The Balaban J connectivity index is 1.70. The lowest BCUT2D eigenvalue weighted by Crippen LogP contribution is -2.64. The Morgan fingerprint density at radius 1 is 0.583 bits per heavy atom. The summed E-state index contributed by atoms with van der Waals surface area (Å²) in [5.74, 6) is -1.12. The van der Waals surface area contributed by atoms with Crippen LogP contribution in [0.4, 0.5) is 0 Å². The largest absolute Gasteiger partial charge is 0.472 e. The standard InChI is InChI=1S/C45H81O14P/c1-3-5-7-8-9-10-11-12-13-14-15-16-21-24-28-32-39(47)57-35(34-56-60(53,54)59-45-43(51)41(49)40(48)42(50)44(45)52)33-55-38(46)31-27-23-20-18-17-19-22-26-30-37-36(58-37)29-25-6-4-2/h10-11,22,26,35-37,40-45,48-52H,3-9,12-21,23-25,27-34H2,1-2H3,(H,53,54)/b11-10-,26-22-/t35-,36?,37?,40?,41-,42+,43-,44-,45?/m1/s1. The molecular weight excluding hydrogens is 795 g/mol. The number of esters is 2. The van der Waals surface area contributed by atoms with Gasteiger partial charge in [-0.3, -0.25) is 18.6 Å². The monoisotopic (exact) mass is 877 g/mol. The summed E-state index contributed by atoms with van der Waals surface area (Å²) < 4.78 is 39.3. The molecule has 10 atom stereocenters. The summed E-state index contributed by atoms with van der Waals surface area (Å²) in [6.45, 7) is 3.24. The predicted molar refractivity (Wildman–Crippen MR) is 230 cm³/mol. The molecule has 2 fully saturated rings. The summed E-state index contributed by atoms with van der Waals surface area (Å²) in [5, 5.41) is 50.1. The van der Waals surface area contributed by atoms with Gasteiger partial charge in [0.1, 0.15) is 43.2 Å². The fourth-order valence-electron chi connectivity index (χ4n) is 7.29. The van der Waals surface area contributed by atoms with Crippen molar-refractivity contribution >= 4 is 19.8 Å². The molecule has 1 aliphatic heterocycles. The minimum atomic E-state index is -5.12. The van der Waals surface area contributed by atoms with Crippen LogP contribution in [0.25, 0.3) is 0 Å². The Bertz CT molecular complexity index is 1220. The second-order valence-electron chi connectivity index (χ2n) is 16.6. The first-order chi connectivity index (χ1) is 28.9. The molecule has 2 rings (SSSR count). The van der Waals surface area contributed by atoms with Crippen LogP contribution in [0.3, 0.4) is 0 Å². The van der Waals surface area contributed by atoms with Gasteiger partial charge >= 0.3 is 19.8 Å². The molecule has 0 amide bonds. The first kappa shape index (κ1) is 54.4. The molecule has 5 unspecified atom stereocenters. The smallest absolute Gasteiger partial charge is 0.462 e. The van der Waals surface area contributed by atoms with Crippen molar-refractivity contribution in [3.8, 4) is 0 Å². The molecule has 0 aromatic rings. The highest BCUT2D eigenvalue weighted by Crippen LogP contribution is 2.47. The number of phosphoric acid groups is 1. The van der Waals surface area contributed by atoms with Gasteiger partial charge in [0.25, 0.3) is 0 Å². The lowest BCUT2D eigenvalue weighted by atomic mass is 9.85. The van der Waals surface area contributed by atoms with Gasteiger partial charge in [-0.05, 0) is 64.2 Å². The quantitative estimate of drug-likeness (QED) is 0.0115. The van der Waals surface area contributed by atoms with Crippen molar-refractivity contribution in [3.63, 3.8) is 0 Å². The summed E-state index contributed by atoms with van der Waals surface area (Å²) in [6.07, 6.45) is 22.5. The van der Waals surface area contributed by atoms with Crippen LogP contribution in [0.5, 0.6) is 0 Å². The lowest BCUT2D eigenvalue weighted by molar-refractivity contribution is -0.220. The highest BCUT2D eigenvalue weighted by molar-refractivity contribution is 7.47. The molecule has 60 heavy (non-hydrogen) atoms. The van der Waals surface area contributed by atoms with E-state index in [1.807, 2.05) is 0 Å². The maximum atomic E-state index is 12.8. The average molecular weight is 877 g/mol.